The van der Waals surface area contributed by atoms with Crippen molar-refractivity contribution in [1.82, 2.24) is 5.32 Å². The first kappa shape index (κ1) is 9.98. The fourth-order valence-electron chi connectivity index (χ4n) is 1.62. The number of carbonyl (C=O) groups excluding carboxylic acids is 1. The molecule has 1 amide bonds. The van der Waals surface area contributed by atoms with Crippen LogP contribution in [0.5, 0.6) is 5.75 Å². The van der Waals surface area contributed by atoms with Crippen LogP contribution in [0.1, 0.15) is 12.0 Å². The maximum atomic E-state index is 11.3. The van der Waals surface area contributed by atoms with Gasteiger partial charge in [0.15, 0.2) is 6.10 Å². The maximum absolute atomic E-state index is 11.3. The fraction of sp³-hybridized carbons (Fsp3) is 0.364. The van der Waals surface area contributed by atoms with Gasteiger partial charge in [0.05, 0.1) is 0 Å². The van der Waals surface area contributed by atoms with Crippen LogP contribution in [0.2, 0.25) is 0 Å². The highest BCUT2D eigenvalue weighted by Crippen LogP contribution is 2.20. The molecule has 1 saturated heterocycles. The molecule has 4 heteroatoms. The van der Waals surface area contributed by atoms with E-state index in [9.17, 15) is 4.79 Å². The summed E-state index contributed by atoms with van der Waals surface area (Å²) in [6.07, 6.45) is 0.357. The molecule has 1 heterocycles. The number of rotatable bonds is 3. The Morgan fingerprint density at radius 2 is 2.27 bits per heavy atom. The third-order valence-corrected chi connectivity index (χ3v) is 2.46. The minimum absolute atomic E-state index is 0.0400. The lowest BCUT2D eigenvalue weighted by Crippen LogP contribution is -2.28. The van der Waals surface area contributed by atoms with Crippen molar-refractivity contribution in [2.45, 2.75) is 19.1 Å². The zero-order valence-corrected chi connectivity index (χ0v) is 8.40. The van der Waals surface area contributed by atoms with Crippen LogP contribution in [-0.4, -0.2) is 18.6 Å². The highest BCUT2D eigenvalue weighted by atomic mass is 16.5. The normalized spacial score (nSPS) is 20.1. The number of nitrogens with two attached hydrogens (primary N) is 1. The second-order valence-corrected chi connectivity index (χ2v) is 3.50. The predicted molar refractivity (Wildman–Crippen MR) is 56.4 cm³/mol. The Hall–Kier alpha value is -1.55. The van der Waals surface area contributed by atoms with Gasteiger partial charge < -0.3 is 15.8 Å². The molecule has 0 aliphatic carbocycles. The second-order valence-electron chi connectivity index (χ2n) is 3.50. The summed E-state index contributed by atoms with van der Waals surface area (Å²) >= 11 is 0. The van der Waals surface area contributed by atoms with E-state index in [-0.39, 0.29) is 12.0 Å². The predicted octanol–water partition coefficient (Wildman–Crippen LogP) is 0.413. The summed E-state index contributed by atoms with van der Waals surface area (Å²) in [4.78, 5) is 11.3. The van der Waals surface area contributed by atoms with Crippen LogP contribution in [0, 0.1) is 0 Å². The number of para-hydroxylation sites is 1. The van der Waals surface area contributed by atoms with Crippen molar-refractivity contribution < 1.29 is 9.53 Å². The Kier molecular flexibility index (Phi) is 2.87. The van der Waals surface area contributed by atoms with E-state index in [2.05, 4.69) is 5.32 Å². The molecule has 0 bridgehead atoms. The van der Waals surface area contributed by atoms with Crippen LogP contribution >= 0.6 is 0 Å². The molecule has 1 aliphatic heterocycles. The average molecular weight is 206 g/mol. The first-order valence-corrected chi connectivity index (χ1v) is 5.03. The van der Waals surface area contributed by atoms with E-state index in [0.29, 0.717) is 18.8 Å². The van der Waals surface area contributed by atoms with Crippen molar-refractivity contribution in [2.75, 3.05) is 6.54 Å². The van der Waals surface area contributed by atoms with Crippen molar-refractivity contribution in [3.63, 3.8) is 0 Å². The lowest BCUT2D eigenvalue weighted by atomic mass is 10.2. The van der Waals surface area contributed by atoms with Gasteiger partial charge >= 0.3 is 0 Å². The van der Waals surface area contributed by atoms with Crippen LogP contribution < -0.4 is 15.8 Å². The number of benzene rings is 1. The monoisotopic (exact) mass is 206 g/mol. The van der Waals surface area contributed by atoms with Gasteiger partial charge in [-0.1, -0.05) is 18.2 Å². The number of hydrogen-bond donors (Lipinski definition) is 2. The molecule has 0 saturated carbocycles. The van der Waals surface area contributed by atoms with E-state index >= 15 is 0 Å². The molecule has 1 unspecified atom stereocenters. The summed E-state index contributed by atoms with van der Waals surface area (Å²) in [6.45, 7) is 1.11. The minimum Gasteiger partial charge on any atom is -0.480 e. The van der Waals surface area contributed by atoms with Gasteiger partial charge in [0.25, 0.3) is 5.91 Å². The zero-order chi connectivity index (χ0) is 10.7. The summed E-state index contributed by atoms with van der Waals surface area (Å²) in [7, 11) is 0. The molecule has 3 N–H and O–H groups in total. The average Bonchev–Trinajstić information content (AvgIpc) is 2.65. The van der Waals surface area contributed by atoms with Gasteiger partial charge in [-0.25, -0.2) is 0 Å². The highest BCUT2D eigenvalue weighted by Gasteiger charge is 2.26. The van der Waals surface area contributed by atoms with E-state index in [0.717, 1.165) is 12.0 Å². The van der Waals surface area contributed by atoms with Gasteiger partial charge in [0, 0.05) is 25.1 Å². The first-order valence-electron chi connectivity index (χ1n) is 5.03. The van der Waals surface area contributed by atoms with Crippen molar-refractivity contribution in [3.8, 4) is 5.75 Å². The van der Waals surface area contributed by atoms with E-state index in [4.69, 9.17) is 10.5 Å². The Morgan fingerprint density at radius 1 is 1.47 bits per heavy atom. The smallest absolute Gasteiger partial charge is 0.261 e. The van der Waals surface area contributed by atoms with Crippen molar-refractivity contribution >= 4 is 5.91 Å². The minimum atomic E-state index is -0.363. The molecule has 1 aromatic carbocycles. The molecule has 1 fully saturated rings. The summed E-state index contributed by atoms with van der Waals surface area (Å²) in [5.74, 6) is 0.670. The number of amides is 1. The third kappa shape index (κ3) is 2.10. The number of nitrogens with one attached hydrogen (secondary N) is 1. The molecule has 4 nitrogen and oxygen atoms in total. The molecule has 1 atom stereocenters. The van der Waals surface area contributed by atoms with Crippen LogP contribution in [0.3, 0.4) is 0 Å². The summed E-state index contributed by atoms with van der Waals surface area (Å²) in [5.41, 5.74) is 6.51. The third-order valence-electron chi connectivity index (χ3n) is 2.46. The lowest BCUT2D eigenvalue weighted by Gasteiger charge is -2.13. The molecule has 1 aromatic rings. The highest BCUT2D eigenvalue weighted by molar-refractivity contribution is 5.83. The van der Waals surface area contributed by atoms with Crippen LogP contribution in [-0.2, 0) is 11.3 Å². The van der Waals surface area contributed by atoms with E-state index in [1.165, 1.54) is 0 Å². The first-order chi connectivity index (χ1) is 7.31. The van der Waals surface area contributed by atoms with Crippen LogP contribution in [0.25, 0.3) is 0 Å². The molecular formula is C11H14N2O2. The topological polar surface area (TPSA) is 64.3 Å². The molecule has 80 valence electrons. The van der Waals surface area contributed by atoms with Crippen molar-refractivity contribution in [2.24, 2.45) is 5.73 Å². The molecule has 0 radical (unpaired) electrons. The Labute approximate surface area is 88.4 Å². The van der Waals surface area contributed by atoms with Crippen molar-refractivity contribution in [3.05, 3.63) is 29.8 Å². The SMILES string of the molecule is NCc1ccccc1OC1CCNC1=O. The number of ether oxygens (including phenoxy) is 1. The number of hydrogen-bond acceptors (Lipinski definition) is 3. The van der Waals surface area contributed by atoms with Crippen LogP contribution in [0.4, 0.5) is 0 Å². The Bertz CT molecular complexity index is 365. The Balaban J connectivity index is 2.12. The lowest BCUT2D eigenvalue weighted by molar-refractivity contribution is -0.124. The maximum Gasteiger partial charge on any atom is 0.261 e. The van der Waals surface area contributed by atoms with Crippen LogP contribution in [0.15, 0.2) is 24.3 Å². The van der Waals surface area contributed by atoms with Gasteiger partial charge in [0.2, 0.25) is 0 Å². The van der Waals surface area contributed by atoms with E-state index in [1.807, 2.05) is 24.3 Å². The van der Waals surface area contributed by atoms with Gasteiger partial charge in [0.1, 0.15) is 5.75 Å². The van der Waals surface area contributed by atoms with Gasteiger partial charge in [-0.2, -0.15) is 0 Å². The van der Waals surface area contributed by atoms with Gasteiger partial charge in [-0.15, -0.1) is 0 Å². The summed E-state index contributed by atoms with van der Waals surface area (Å²) in [6, 6.07) is 7.53. The molecule has 0 aromatic heterocycles. The van der Waals surface area contributed by atoms with E-state index in [1.54, 1.807) is 0 Å². The van der Waals surface area contributed by atoms with Gasteiger partial charge in [-0.05, 0) is 6.07 Å². The standard InChI is InChI=1S/C11H14N2O2/c12-7-8-3-1-2-4-9(8)15-10-5-6-13-11(10)14/h1-4,10H,5-7,12H2,(H,13,14). The molecular weight excluding hydrogens is 192 g/mol. The summed E-state index contributed by atoms with van der Waals surface area (Å²) < 4.78 is 5.62. The van der Waals surface area contributed by atoms with E-state index < -0.39 is 0 Å². The number of carbonyl (C=O) groups is 1. The Morgan fingerprint density at radius 3 is 2.93 bits per heavy atom. The summed E-state index contributed by atoms with van der Waals surface area (Å²) in [5, 5.41) is 2.73. The van der Waals surface area contributed by atoms with Gasteiger partial charge in [-0.3, -0.25) is 4.79 Å². The molecule has 2 rings (SSSR count). The molecule has 1 aliphatic rings. The van der Waals surface area contributed by atoms with Crippen molar-refractivity contribution in [1.29, 1.82) is 0 Å². The largest absolute Gasteiger partial charge is 0.480 e. The quantitative estimate of drug-likeness (QED) is 0.753. The molecule has 15 heavy (non-hydrogen) atoms. The second kappa shape index (κ2) is 4.31. The fourth-order valence-corrected chi connectivity index (χ4v) is 1.62. The zero-order valence-electron chi connectivity index (χ0n) is 8.40. The molecule has 0 spiro atoms.